The van der Waals surface area contributed by atoms with Crippen LogP contribution in [-0.4, -0.2) is 62.6 Å². The molecule has 28 heavy (non-hydrogen) atoms. The summed E-state index contributed by atoms with van der Waals surface area (Å²) >= 11 is 0. The van der Waals surface area contributed by atoms with Gasteiger partial charge in [0.05, 0.1) is 7.11 Å². The van der Waals surface area contributed by atoms with Gasteiger partial charge in [-0.05, 0) is 47.9 Å². The molecule has 1 atom stereocenters. The van der Waals surface area contributed by atoms with E-state index in [1.165, 1.54) is 11.3 Å². The molecule has 2 aromatic rings. The van der Waals surface area contributed by atoms with Crippen LogP contribution >= 0.6 is 0 Å². The van der Waals surface area contributed by atoms with Gasteiger partial charge in [0, 0.05) is 38.4 Å². The van der Waals surface area contributed by atoms with Crippen LogP contribution in [0.15, 0.2) is 48.5 Å². The summed E-state index contributed by atoms with van der Waals surface area (Å²) in [5.74, 6) is 2.20. The maximum atomic E-state index is 10.4. The van der Waals surface area contributed by atoms with Crippen molar-refractivity contribution in [2.45, 2.75) is 25.9 Å². The lowest BCUT2D eigenvalue weighted by molar-refractivity contribution is 0.0663. The first-order chi connectivity index (χ1) is 13.5. The Labute approximate surface area is 168 Å². The van der Waals surface area contributed by atoms with E-state index < -0.39 is 6.10 Å². The molecule has 2 aromatic carbocycles. The van der Waals surface area contributed by atoms with Gasteiger partial charge in [0.2, 0.25) is 0 Å². The van der Waals surface area contributed by atoms with E-state index in [2.05, 4.69) is 47.9 Å². The maximum Gasteiger partial charge on any atom is 0.119 e. The van der Waals surface area contributed by atoms with Gasteiger partial charge in [0.15, 0.2) is 0 Å². The SMILES string of the molecule is COc1ccc(N2CCN(CC(O)COc3ccc(C(C)C)cc3)CC2)cc1. The second-order valence-electron chi connectivity index (χ2n) is 7.67. The summed E-state index contributed by atoms with van der Waals surface area (Å²) in [7, 11) is 1.68. The van der Waals surface area contributed by atoms with Crippen LogP contribution in [0.5, 0.6) is 11.5 Å². The van der Waals surface area contributed by atoms with Gasteiger partial charge >= 0.3 is 0 Å². The summed E-state index contributed by atoms with van der Waals surface area (Å²) in [4.78, 5) is 4.67. The monoisotopic (exact) mass is 384 g/mol. The lowest BCUT2D eigenvalue weighted by Crippen LogP contribution is -2.49. The topological polar surface area (TPSA) is 45.2 Å². The molecule has 1 aliphatic heterocycles. The quantitative estimate of drug-likeness (QED) is 0.756. The zero-order chi connectivity index (χ0) is 19.9. The first kappa shape index (κ1) is 20.5. The van der Waals surface area contributed by atoms with E-state index in [1.54, 1.807) is 7.11 Å². The van der Waals surface area contributed by atoms with Crippen LogP contribution in [0.1, 0.15) is 25.3 Å². The summed E-state index contributed by atoms with van der Waals surface area (Å²) in [6, 6.07) is 16.3. The maximum absolute atomic E-state index is 10.4. The van der Waals surface area contributed by atoms with Gasteiger partial charge in [-0.2, -0.15) is 0 Å². The standard InChI is InChI=1S/C23H32N2O3/c1-18(2)19-4-8-23(9-5-19)28-17-21(26)16-24-12-14-25(15-13-24)20-6-10-22(27-3)11-7-20/h4-11,18,21,26H,12-17H2,1-3H3. The molecule has 1 heterocycles. The smallest absolute Gasteiger partial charge is 0.119 e. The van der Waals surface area contributed by atoms with Crippen molar-refractivity contribution < 1.29 is 14.6 Å². The minimum Gasteiger partial charge on any atom is -0.497 e. The lowest BCUT2D eigenvalue weighted by Gasteiger charge is -2.36. The lowest BCUT2D eigenvalue weighted by atomic mass is 10.0. The van der Waals surface area contributed by atoms with Crippen LogP contribution in [-0.2, 0) is 0 Å². The number of benzene rings is 2. The highest BCUT2D eigenvalue weighted by Gasteiger charge is 2.20. The Morgan fingerprint density at radius 1 is 0.893 bits per heavy atom. The number of nitrogens with zero attached hydrogens (tertiary/aromatic N) is 2. The molecule has 0 saturated carbocycles. The number of hydrogen-bond acceptors (Lipinski definition) is 5. The van der Waals surface area contributed by atoms with Crippen molar-refractivity contribution in [3.05, 3.63) is 54.1 Å². The van der Waals surface area contributed by atoms with E-state index in [1.807, 2.05) is 24.3 Å². The number of piperazine rings is 1. The van der Waals surface area contributed by atoms with E-state index in [-0.39, 0.29) is 0 Å². The average Bonchev–Trinajstić information content (AvgIpc) is 2.73. The van der Waals surface area contributed by atoms with Crippen molar-refractivity contribution in [3.8, 4) is 11.5 Å². The Kier molecular flexibility index (Phi) is 7.18. The average molecular weight is 385 g/mol. The van der Waals surface area contributed by atoms with Gasteiger partial charge in [-0.15, -0.1) is 0 Å². The zero-order valence-electron chi connectivity index (χ0n) is 17.2. The Morgan fingerprint density at radius 2 is 1.50 bits per heavy atom. The minimum atomic E-state index is -0.489. The molecule has 1 saturated heterocycles. The Morgan fingerprint density at radius 3 is 2.07 bits per heavy atom. The molecule has 0 bridgehead atoms. The molecule has 1 fully saturated rings. The molecular weight excluding hydrogens is 352 g/mol. The Balaban J connectivity index is 1.40. The molecule has 5 heteroatoms. The highest BCUT2D eigenvalue weighted by atomic mass is 16.5. The highest BCUT2D eigenvalue weighted by molar-refractivity contribution is 5.49. The minimum absolute atomic E-state index is 0.319. The second kappa shape index (κ2) is 9.80. The fraction of sp³-hybridized carbons (Fsp3) is 0.478. The van der Waals surface area contributed by atoms with Crippen molar-refractivity contribution in [1.82, 2.24) is 4.90 Å². The van der Waals surface area contributed by atoms with Crippen molar-refractivity contribution in [2.75, 3.05) is 51.3 Å². The summed E-state index contributed by atoms with van der Waals surface area (Å²) in [6.45, 7) is 9.09. The molecule has 0 aromatic heterocycles. The summed E-state index contributed by atoms with van der Waals surface area (Å²) in [5.41, 5.74) is 2.51. The first-order valence-corrected chi connectivity index (χ1v) is 10.1. The van der Waals surface area contributed by atoms with E-state index in [4.69, 9.17) is 9.47 Å². The van der Waals surface area contributed by atoms with Crippen molar-refractivity contribution in [1.29, 1.82) is 0 Å². The summed E-state index contributed by atoms with van der Waals surface area (Å²) in [6.07, 6.45) is -0.489. The molecule has 5 nitrogen and oxygen atoms in total. The number of rotatable bonds is 8. The van der Waals surface area contributed by atoms with Crippen LogP contribution in [0.4, 0.5) is 5.69 Å². The molecule has 0 amide bonds. The largest absolute Gasteiger partial charge is 0.497 e. The van der Waals surface area contributed by atoms with Crippen LogP contribution in [0, 0.1) is 0 Å². The number of methoxy groups -OCH3 is 1. The van der Waals surface area contributed by atoms with E-state index in [0.717, 1.165) is 37.7 Å². The van der Waals surface area contributed by atoms with Crippen molar-refractivity contribution >= 4 is 5.69 Å². The van der Waals surface area contributed by atoms with E-state index in [9.17, 15) is 5.11 Å². The van der Waals surface area contributed by atoms with Gasteiger partial charge in [0.1, 0.15) is 24.2 Å². The number of aliphatic hydroxyl groups excluding tert-OH is 1. The molecule has 3 rings (SSSR count). The molecular formula is C23H32N2O3. The molecule has 1 N–H and O–H groups in total. The molecule has 152 valence electrons. The van der Waals surface area contributed by atoms with Gasteiger partial charge in [0.25, 0.3) is 0 Å². The van der Waals surface area contributed by atoms with Gasteiger partial charge in [-0.25, -0.2) is 0 Å². The van der Waals surface area contributed by atoms with Crippen LogP contribution < -0.4 is 14.4 Å². The van der Waals surface area contributed by atoms with Gasteiger partial charge in [-0.3, -0.25) is 4.90 Å². The molecule has 0 radical (unpaired) electrons. The summed E-state index contributed by atoms with van der Waals surface area (Å²) in [5, 5.41) is 10.4. The third-order valence-electron chi connectivity index (χ3n) is 5.27. The third-order valence-corrected chi connectivity index (χ3v) is 5.27. The van der Waals surface area contributed by atoms with E-state index in [0.29, 0.717) is 19.1 Å². The number of aliphatic hydroxyl groups is 1. The molecule has 0 spiro atoms. The highest BCUT2D eigenvalue weighted by Crippen LogP contribution is 2.21. The zero-order valence-corrected chi connectivity index (χ0v) is 17.2. The fourth-order valence-electron chi connectivity index (χ4n) is 3.47. The van der Waals surface area contributed by atoms with Crippen LogP contribution in [0.25, 0.3) is 0 Å². The van der Waals surface area contributed by atoms with Crippen molar-refractivity contribution in [2.24, 2.45) is 0 Å². The molecule has 1 unspecified atom stereocenters. The van der Waals surface area contributed by atoms with Gasteiger partial charge in [-0.1, -0.05) is 26.0 Å². The van der Waals surface area contributed by atoms with Crippen LogP contribution in [0.3, 0.4) is 0 Å². The molecule has 1 aliphatic rings. The summed E-state index contributed by atoms with van der Waals surface area (Å²) < 4.78 is 11.0. The fourth-order valence-corrected chi connectivity index (χ4v) is 3.47. The normalized spacial score (nSPS) is 16.2. The predicted octanol–water partition coefficient (Wildman–Crippen LogP) is 3.38. The number of ether oxygens (including phenoxy) is 2. The first-order valence-electron chi connectivity index (χ1n) is 10.1. The number of hydrogen-bond donors (Lipinski definition) is 1. The van der Waals surface area contributed by atoms with Gasteiger partial charge < -0.3 is 19.5 Å². The predicted molar refractivity (Wildman–Crippen MR) is 114 cm³/mol. The third kappa shape index (κ3) is 5.63. The Hall–Kier alpha value is -2.24. The second-order valence-corrected chi connectivity index (χ2v) is 7.67. The van der Waals surface area contributed by atoms with Crippen LogP contribution in [0.2, 0.25) is 0 Å². The number of anilines is 1. The number of β-amino-alcohol motifs (C(OH)–C–C–N with tert-alkyl or cyclic N) is 1. The molecule has 0 aliphatic carbocycles. The van der Waals surface area contributed by atoms with Crippen molar-refractivity contribution in [3.63, 3.8) is 0 Å². The Bertz CT molecular complexity index is 708. The van der Waals surface area contributed by atoms with E-state index >= 15 is 0 Å².